The molecule has 0 aliphatic heterocycles. The van der Waals surface area contributed by atoms with Crippen LogP contribution in [0.1, 0.15) is 121 Å². The minimum atomic E-state index is 0.186. The lowest BCUT2D eigenvalue weighted by molar-refractivity contribution is -0.121. The standard InChI is InChI=1S/C32H59N3O/c1-35(2)28-20-27-34-32(36)26-25-31(29-33)24-17-14-12-10-8-6-4-3-5-7-9-11-13-16-21-30-22-18-15-19-23-30/h15,18-19,22-23,31H,3-14,16-17,20-21,24-29,33H2,1-2H3,(H,34,36). The van der Waals surface area contributed by atoms with Gasteiger partial charge < -0.3 is 16.0 Å². The monoisotopic (exact) mass is 501 g/mol. The maximum Gasteiger partial charge on any atom is 0.220 e. The number of carbonyl (C=O) groups is 1. The lowest BCUT2D eigenvalue weighted by Gasteiger charge is -2.15. The number of nitrogens with one attached hydrogen (secondary N) is 1. The normalized spacial score (nSPS) is 12.2. The summed E-state index contributed by atoms with van der Waals surface area (Å²) in [4.78, 5) is 14.1. The van der Waals surface area contributed by atoms with Crippen LogP contribution in [0.25, 0.3) is 0 Å². The van der Waals surface area contributed by atoms with Gasteiger partial charge in [0.2, 0.25) is 5.91 Å². The molecule has 0 aliphatic carbocycles. The Balaban J connectivity index is 1.80. The molecule has 4 heteroatoms. The Morgan fingerprint density at radius 3 is 1.81 bits per heavy atom. The van der Waals surface area contributed by atoms with Crippen molar-refractivity contribution in [3.05, 3.63) is 35.9 Å². The number of hydrogen-bond donors (Lipinski definition) is 2. The minimum absolute atomic E-state index is 0.186. The molecule has 1 rings (SSSR count). The predicted octanol–water partition coefficient (Wildman–Crippen LogP) is 7.50. The van der Waals surface area contributed by atoms with Crippen molar-refractivity contribution in [3.8, 4) is 0 Å². The molecule has 0 spiro atoms. The van der Waals surface area contributed by atoms with Crippen LogP contribution in [0.15, 0.2) is 30.3 Å². The van der Waals surface area contributed by atoms with Crippen LogP contribution in [0.4, 0.5) is 0 Å². The maximum absolute atomic E-state index is 12.0. The van der Waals surface area contributed by atoms with E-state index in [2.05, 4.69) is 54.6 Å². The number of rotatable bonds is 25. The van der Waals surface area contributed by atoms with Gasteiger partial charge in [-0.1, -0.05) is 114 Å². The zero-order valence-electron chi connectivity index (χ0n) is 24.0. The molecule has 0 bridgehead atoms. The summed E-state index contributed by atoms with van der Waals surface area (Å²) in [5, 5.41) is 3.04. The number of hydrogen-bond acceptors (Lipinski definition) is 3. The third-order valence-electron chi connectivity index (χ3n) is 7.39. The summed E-state index contributed by atoms with van der Waals surface area (Å²) < 4.78 is 0. The quantitative estimate of drug-likeness (QED) is 0.136. The largest absolute Gasteiger partial charge is 0.356 e. The predicted molar refractivity (Wildman–Crippen MR) is 157 cm³/mol. The molecule has 0 aromatic heterocycles. The van der Waals surface area contributed by atoms with Crippen LogP contribution in [0.2, 0.25) is 0 Å². The Kier molecular flexibility index (Phi) is 21.7. The highest BCUT2D eigenvalue weighted by Gasteiger charge is 2.09. The average Bonchev–Trinajstić information content (AvgIpc) is 2.88. The van der Waals surface area contributed by atoms with Gasteiger partial charge in [-0.2, -0.15) is 0 Å². The summed E-state index contributed by atoms with van der Waals surface area (Å²) >= 11 is 0. The van der Waals surface area contributed by atoms with Crippen LogP contribution >= 0.6 is 0 Å². The Morgan fingerprint density at radius 2 is 1.28 bits per heavy atom. The zero-order valence-corrected chi connectivity index (χ0v) is 24.0. The van der Waals surface area contributed by atoms with E-state index in [9.17, 15) is 4.79 Å². The van der Waals surface area contributed by atoms with Gasteiger partial charge in [0, 0.05) is 13.0 Å². The highest BCUT2D eigenvalue weighted by molar-refractivity contribution is 5.75. The molecule has 1 atom stereocenters. The van der Waals surface area contributed by atoms with E-state index in [-0.39, 0.29) is 5.91 Å². The highest BCUT2D eigenvalue weighted by Crippen LogP contribution is 2.17. The summed E-state index contributed by atoms with van der Waals surface area (Å²) in [7, 11) is 4.12. The van der Waals surface area contributed by atoms with Crippen LogP contribution in [0, 0.1) is 5.92 Å². The lowest BCUT2D eigenvalue weighted by Crippen LogP contribution is -2.28. The Hall–Kier alpha value is -1.39. The van der Waals surface area contributed by atoms with E-state index in [0.29, 0.717) is 18.9 Å². The summed E-state index contributed by atoms with van der Waals surface area (Å²) in [5.41, 5.74) is 7.45. The van der Waals surface area contributed by atoms with Gasteiger partial charge in [-0.3, -0.25) is 4.79 Å². The first-order chi connectivity index (χ1) is 17.6. The molecule has 0 aliphatic rings. The van der Waals surface area contributed by atoms with Gasteiger partial charge in [-0.05, 0) is 70.8 Å². The van der Waals surface area contributed by atoms with Crippen LogP contribution in [0.5, 0.6) is 0 Å². The first-order valence-corrected chi connectivity index (χ1v) is 15.3. The van der Waals surface area contributed by atoms with Gasteiger partial charge >= 0.3 is 0 Å². The number of aryl methyl sites for hydroxylation is 1. The Morgan fingerprint density at radius 1 is 0.750 bits per heavy atom. The SMILES string of the molecule is CN(C)CCCNC(=O)CCC(CN)CCCCCCCCCCCCCCCCc1ccccc1. The Labute approximate surface area is 224 Å². The second-order valence-electron chi connectivity index (χ2n) is 11.1. The molecule has 0 radical (unpaired) electrons. The molecular weight excluding hydrogens is 442 g/mol. The third kappa shape index (κ3) is 20.8. The van der Waals surface area contributed by atoms with E-state index in [0.717, 1.165) is 25.9 Å². The topological polar surface area (TPSA) is 58.4 Å². The van der Waals surface area contributed by atoms with E-state index in [1.54, 1.807) is 0 Å². The molecule has 4 nitrogen and oxygen atoms in total. The van der Waals surface area contributed by atoms with Crippen molar-refractivity contribution in [2.24, 2.45) is 11.7 Å². The molecule has 1 amide bonds. The summed E-state index contributed by atoms with van der Waals surface area (Å²) in [5.74, 6) is 0.687. The van der Waals surface area contributed by atoms with E-state index in [1.807, 2.05) is 0 Å². The second kappa shape index (κ2) is 24.0. The Bertz CT molecular complexity index is 605. The molecule has 0 saturated carbocycles. The lowest BCUT2D eigenvalue weighted by atomic mass is 9.95. The van der Waals surface area contributed by atoms with Crippen molar-refractivity contribution < 1.29 is 4.79 Å². The van der Waals surface area contributed by atoms with E-state index < -0.39 is 0 Å². The van der Waals surface area contributed by atoms with Gasteiger partial charge in [0.1, 0.15) is 0 Å². The van der Waals surface area contributed by atoms with Crippen molar-refractivity contribution in [3.63, 3.8) is 0 Å². The van der Waals surface area contributed by atoms with E-state index in [1.165, 1.54) is 108 Å². The first kappa shape index (κ1) is 32.6. The number of nitrogens with two attached hydrogens (primary N) is 1. The fourth-order valence-corrected chi connectivity index (χ4v) is 4.95. The molecule has 0 heterocycles. The smallest absolute Gasteiger partial charge is 0.220 e. The van der Waals surface area contributed by atoms with Gasteiger partial charge in [0.25, 0.3) is 0 Å². The number of nitrogens with zero attached hydrogens (tertiary/aromatic N) is 1. The van der Waals surface area contributed by atoms with E-state index in [4.69, 9.17) is 5.73 Å². The molecule has 36 heavy (non-hydrogen) atoms. The highest BCUT2D eigenvalue weighted by atomic mass is 16.1. The van der Waals surface area contributed by atoms with Crippen molar-refractivity contribution in [2.75, 3.05) is 33.7 Å². The van der Waals surface area contributed by atoms with Gasteiger partial charge in [-0.15, -0.1) is 0 Å². The van der Waals surface area contributed by atoms with Gasteiger partial charge in [-0.25, -0.2) is 0 Å². The average molecular weight is 502 g/mol. The molecule has 0 saturated heterocycles. The fraction of sp³-hybridized carbons (Fsp3) is 0.781. The van der Waals surface area contributed by atoms with Crippen molar-refractivity contribution in [2.45, 2.75) is 122 Å². The molecule has 1 aromatic rings. The first-order valence-electron chi connectivity index (χ1n) is 15.3. The number of amides is 1. The van der Waals surface area contributed by atoms with E-state index >= 15 is 0 Å². The second-order valence-corrected chi connectivity index (χ2v) is 11.1. The molecule has 208 valence electrons. The van der Waals surface area contributed by atoms with Crippen molar-refractivity contribution in [1.29, 1.82) is 0 Å². The van der Waals surface area contributed by atoms with Gasteiger partial charge in [0.15, 0.2) is 0 Å². The zero-order chi connectivity index (χ0) is 26.1. The third-order valence-corrected chi connectivity index (χ3v) is 7.39. The maximum atomic E-state index is 12.0. The molecule has 0 fully saturated rings. The summed E-state index contributed by atoms with van der Waals surface area (Å²) in [6.07, 6.45) is 24.3. The number of benzene rings is 1. The molecule has 3 N–H and O–H groups in total. The van der Waals surface area contributed by atoms with Crippen LogP contribution < -0.4 is 11.1 Å². The van der Waals surface area contributed by atoms with Crippen LogP contribution in [-0.4, -0.2) is 44.5 Å². The summed E-state index contributed by atoms with van der Waals surface area (Å²) in [6, 6.07) is 10.9. The fourth-order valence-electron chi connectivity index (χ4n) is 4.95. The number of carbonyl (C=O) groups excluding carboxylic acids is 1. The van der Waals surface area contributed by atoms with Crippen LogP contribution in [0.3, 0.4) is 0 Å². The molecular formula is C32H59N3O. The van der Waals surface area contributed by atoms with Crippen molar-refractivity contribution >= 4 is 5.91 Å². The molecule has 1 unspecified atom stereocenters. The van der Waals surface area contributed by atoms with Crippen LogP contribution in [-0.2, 0) is 11.2 Å². The van der Waals surface area contributed by atoms with Crippen molar-refractivity contribution in [1.82, 2.24) is 10.2 Å². The van der Waals surface area contributed by atoms with Gasteiger partial charge in [0.05, 0.1) is 0 Å². The summed E-state index contributed by atoms with van der Waals surface area (Å²) in [6.45, 7) is 2.50. The number of unbranched alkanes of at least 4 members (excludes halogenated alkanes) is 13. The minimum Gasteiger partial charge on any atom is -0.356 e. The molecule has 1 aromatic carbocycles.